The Hall–Kier alpha value is -2.58. The lowest BCUT2D eigenvalue weighted by Gasteiger charge is -2.35. The van der Waals surface area contributed by atoms with E-state index in [9.17, 15) is 4.39 Å². The molecule has 1 saturated heterocycles. The highest BCUT2D eigenvalue weighted by Gasteiger charge is 2.19. The minimum Gasteiger partial charge on any atom is -0.369 e. The molecule has 6 nitrogen and oxygen atoms in total. The highest BCUT2D eigenvalue weighted by molar-refractivity contribution is 7.71. The lowest BCUT2D eigenvalue weighted by Crippen LogP contribution is -2.47. The topological polar surface area (TPSA) is 42.1 Å². The molecule has 0 spiro atoms. The number of nitrogens with zero attached hydrogens (tertiary/aromatic N) is 6. The number of hydrogen-bond acceptors (Lipinski definition) is 5. The van der Waals surface area contributed by atoms with E-state index in [1.54, 1.807) is 9.36 Å². The first-order valence-corrected chi connectivity index (χ1v) is 9.75. The maximum atomic E-state index is 13.1. The monoisotopic (exact) mass is 398 g/mol. The Morgan fingerprint density at radius 3 is 2.39 bits per heavy atom. The van der Waals surface area contributed by atoms with Gasteiger partial charge in [-0.1, -0.05) is 12.1 Å². The molecule has 2 heterocycles. The van der Waals surface area contributed by atoms with E-state index < -0.39 is 0 Å². The van der Waals surface area contributed by atoms with E-state index in [1.165, 1.54) is 12.1 Å². The van der Waals surface area contributed by atoms with Crippen molar-refractivity contribution in [2.75, 3.05) is 31.1 Å². The number of rotatable bonds is 4. The van der Waals surface area contributed by atoms with Gasteiger partial charge in [-0.05, 0) is 78.0 Å². The number of benzene rings is 2. The molecule has 1 aliphatic rings. The molecule has 0 radical (unpaired) electrons. The minimum absolute atomic E-state index is 0.205. The molecule has 0 bridgehead atoms. The van der Waals surface area contributed by atoms with Crippen molar-refractivity contribution in [3.8, 4) is 5.69 Å². The van der Waals surface area contributed by atoms with E-state index in [-0.39, 0.29) is 5.82 Å². The summed E-state index contributed by atoms with van der Waals surface area (Å²) in [5, 5.41) is 8.55. The third-order valence-electron chi connectivity index (χ3n) is 5.13. The van der Waals surface area contributed by atoms with Crippen molar-refractivity contribution < 1.29 is 4.39 Å². The predicted octanol–water partition coefficient (Wildman–Crippen LogP) is 3.33. The maximum Gasteiger partial charge on any atom is 0.221 e. The average Bonchev–Trinajstić information content (AvgIpc) is 3.05. The van der Waals surface area contributed by atoms with Gasteiger partial charge >= 0.3 is 0 Å². The molecule has 0 saturated carbocycles. The first-order valence-electron chi connectivity index (χ1n) is 9.34. The fourth-order valence-corrected chi connectivity index (χ4v) is 3.68. The standard InChI is InChI=1S/C20H23FN6S/c1-15-3-4-16(2)19(13-15)27-20(28)26(22-23-27)14-24-9-11-25(12-10-24)18-7-5-17(21)6-8-18/h3-8,13H,9-12,14H2,1-2H3. The molecule has 28 heavy (non-hydrogen) atoms. The molecule has 2 aromatic carbocycles. The molecule has 4 rings (SSSR count). The van der Waals surface area contributed by atoms with Crippen LogP contribution in [-0.2, 0) is 6.67 Å². The summed E-state index contributed by atoms with van der Waals surface area (Å²) >= 11 is 5.62. The largest absolute Gasteiger partial charge is 0.369 e. The molecule has 3 aromatic rings. The van der Waals surface area contributed by atoms with Crippen LogP contribution in [0.25, 0.3) is 5.69 Å². The maximum absolute atomic E-state index is 13.1. The Labute approximate surface area is 168 Å². The number of anilines is 1. The first kappa shape index (κ1) is 18.8. The Balaban J connectivity index is 1.43. The lowest BCUT2D eigenvalue weighted by molar-refractivity contribution is 0.193. The summed E-state index contributed by atoms with van der Waals surface area (Å²) in [6.45, 7) is 8.24. The van der Waals surface area contributed by atoms with E-state index in [0.717, 1.165) is 48.7 Å². The summed E-state index contributed by atoms with van der Waals surface area (Å²) in [7, 11) is 0. The van der Waals surface area contributed by atoms with Gasteiger partial charge in [-0.3, -0.25) is 4.90 Å². The molecule has 0 unspecified atom stereocenters. The highest BCUT2D eigenvalue weighted by atomic mass is 32.1. The van der Waals surface area contributed by atoms with E-state index in [1.807, 2.05) is 19.1 Å². The Morgan fingerprint density at radius 2 is 1.68 bits per heavy atom. The van der Waals surface area contributed by atoms with Gasteiger partial charge in [-0.15, -0.1) is 0 Å². The Bertz CT molecular complexity index is 1020. The van der Waals surface area contributed by atoms with Crippen LogP contribution >= 0.6 is 12.2 Å². The van der Waals surface area contributed by atoms with Crippen LogP contribution in [0.15, 0.2) is 42.5 Å². The zero-order valence-corrected chi connectivity index (χ0v) is 16.9. The molecule has 1 aromatic heterocycles. The fourth-order valence-electron chi connectivity index (χ4n) is 3.45. The van der Waals surface area contributed by atoms with Gasteiger partial charge in [0.1, 0.15) is 5.82 Å². The van der Waals surface area contributed by atoms with Crippen LogP contribution in [0.1, 0.15) is 11.1 Å². The van der Waals surface area contributed by atoms with Crippen molar-refractivity contribution in [1.82, 2.24) is 24.7 Å². The molecule has 0 atom stereocenters. The number of aromatic nitrogens is 4. The van der Waals surface area contributed by atoms with Crippen LogP contribution in [0.4, 0.5) is 10.1 Å². The molecule has 0 aliphatic carbocycles. The summed E-state index contributed by atoms with van der Waals surface area (Å²) < 4.78 is 17.2. The molecular formula is C20H23FN6S. The molecule has 1 aliphatic heterocycles. The van der Waals surface area contributed by atoms with Crippen molar-refractivity contribution >= 4 is 17.9 Å². The van der Waals surface area contributed by atoms with Crippen molar-refractivity contribution in [2.24, 2.45) is 0 Å². The summed E-state index contributed by atoms with van der Waals surface area (Å²) in [5.74, 6) is -0.205. The second-order valence-electron chi connectivity index (χ2n) is 7.19. The number of hydrogen-bond donors (Lipinski definition) is 0. The SMILES string of the molecule is Cc1ccc(C)c(-n2nnn(CN3CCN(c4ccc(F)cc4)CC3)c2=S)c1. The summed E-state index contributed by atoms with van der Waals surface area (Å²) in [6, 6.07) is 12.9. The van der Waals surface area contributed by atoms with Gasteiger partial charge in [0.2, 0.25) is 4.77 Å². The zero-order valence-electron chi connectivity index (χ0n) is 16.0. The molecule has 1 fully saturated rings. The van der Waals surface area contributed by atoms with Crippen LogP contribution in [0.3, 0.4) is 0 Å². The van der Waals surface area contributed by atoms with Crippen LogP contribution in [0.2, 0.25) is 0 Å². The highest BCUT2D eigenvalue weighted by Crippen LogP contribution is 2.18. The van der Waals surface area contributed by atoms with Gasteiger partial charge in [-0.25, -0.2) is 9.07 Å². The van der Waals surface area contributed by atoms with Crippen molar-refractivity contribution in [3.05, 3.63) is 64.2 Å². The second kappa shape index (κ2) is 7.81. The van der Waals surface area contributed by atoms with Gasteiger partial charge < -0.3 is 4.90 Å². The van der Waals surface area contributed by atoms with E-state index in [4.69, 9.17) is 12.2 Å². The van der Waals surface area contributed by atoms with Gasteiger partial charge in [0.15, 0.2) is 0 Å². The predicted molar refractivity (Wildman–Crippen MR) is 110 cm³/mol. The molecule has 8 heteroatoms. The molecule has 0 N–H and O–H groups in total. The fraction of sp³-hybridized carbons (Fsp3) is 0.350. The van der Waals surface area contributed by atoms with Crippen LogP contribution in [-0.4, -0.2) is 50.9 Å². The number of halogens is 1. The van der Waals surface area contributed by atoms with Gasteiger partial charge in [0.05, 0.1) is 12.4 Å². The Kier molecular flexibility index (Phi) is 5.23. The smallest absolute Gasteiger partial charge is 0.221 e. The second-order valence-corrected chi connectivity index (χ2v) is 7.55. The first-order chi connectivity index (χ1) is 13.5. The number of aryl methyl sites for hydroxylation is 2. The minimum atomic E-state index is -0.205. The Morgan fingerprint density at radius 1 is 0.964 bits per heavy atom. The quantitative estimate of drug-likeness (QED) is 0.631. The molecular weight excluding hydrogens is 375 g/mol. The van der Waals surface area contributed by atoms with Gasteiger partial charge in [0.25, 0.3) is 0 Å². The van der Waals surface area contributed by atoms with E-state index in [0.29, 0.717) is 11.4 Å². The zero-order chi connectivity index (χ0) is 19.7. The van der Waals surface area contributed by atoms with Crippen LogP contribution in [0.5, 0.6) is 0 Å². The van der Waals surface area contributed by atoms with Crippen LogP contribution < -0.4 is 4.90 Å². The summed E-state index contributed by atoms with van der Waals surface area (Å²) in [4.78, 5) is 4.57. The summed E-state index contributed by atoms with van der Waals surface area (Å²) in [5.41, 5.74) is 4.30. The van der Waals surface area contributed by atoms with Crippen LogP contribution in [0, 0.1) is 24.4 Å². The van der Waals surface area contributed by atoms with Crippen molar-refractivity contribution in [2.45, 2.75) is 20.5 Å². The van der Waals surface area contributed by atoms with E-state index in [2.05, 4.69) is 45.3 Å². The molecule has 0 amide bonds. The lowest BCUT2D eigenvalue weighted by atomic mass is 10.1. The normalized spacial score (nSPS) is 15.2. The van der Waals surface area contributed by atoms with Crippen molar-refractivity contribution in [3.63, 3.8) is 0 Å². The third-order valence-corrected chi connectivity index (χ3v) is 5.51. The third kappa shape index (κ3) is 3.83. The van der Waals surface area contributed by atoms with E-state index >= 15 is 0 Å². The number of tetrazole rings is 1. The summed E-state index contributed by atoms with van der Waals surface area (Å²) in [6.07, 6.45) is 0. The number of piperazine rings is 1. The van der Waals surface area contributed by atoms with Gasteiger partial charge in [0, 0.05) is 31.9 Å². The average molecular weight is 399 g/mol. The molecule has 146 valence electrons. The van der Waals surface area contributed by atoms with Crippen molar-refractivity contribution in [1.29, 1.82) is 0 Å². The van der Waals surface area contributed by atoms with Gasteiger partial charge in [-0.2, -0.15) is 4.68 Å².